The third-order valence-electron chi connectivity index (χ3n) is 4.43. The Kier molecular flexibility index (Phi) is 5.39. The summed E-state index contributed by atoms with van der Waals surface area (Å²) in [4.78, 5) is 17.2. The maximum Gasteiger partial charge on any atom is 0.255 e. The first-order valence-corrected chi connectivity index (χ1v) is 9.65. The van der Waals surface area contributed by atoms with Crippen LogP contribution in [0.5, 0.6) is 11.5 Å². The molecule has 0 aliphatic carbocycles. The fraction of sp³-hybridized carbons (Fsp3) is 0.167. The monoisotopic (exact) mass is 402 g/mol. The summed E-state index contributed by atoms with van der Waals surface area (Å²) >= 11 is 0. The number of carbonyl (C=O) groups excluding carboxylic acids is 1. The SMILES string of the molecule is COc1ccc2oc(-c3cccc(NC(=O)c4cccc(OC(C)C)c4)c3)nc2c1. The number of oxazole rings is 1. The Morgan fingerprint density at radius 2 is 1.83 bits per heavy atom. The van der Waals surface area contributed by atoms with Crippen LogP contribution < -0.4 is 14.8 Å². The van der Waals surface area contributed by atoms with Gasteiger partial charge in [0.25, 0.3) is 5.91 Å². The van der Waals surface area contributed by atoms with Crippen LogP contribution in [0.1, 0.15) is 24.2 Å². The first-order chi connectivity index (χ1) is 14.5. The van der Waals surface area contributed by atoms with Gasteiger partial charge in [0.15, 0.2) is 5.58 Å². The highest BCUT2D eigenvalue weighted by Gasteiger charge is 2.12. The molecular formula is C24H22N2O4. The van der Waals surface area contributed by atoms with E-state index < -0.39 is 0 Å². The second-order valence-electron chi connectivity index (χ2n) is 7.08. The number of benzene rings is 3. The van der Waals surface area contributed by atoms with Gasteiger partial charge >= 0.3 is 0 Å². The predicted octanol–water partition coefficient (Wildman–Crippen LogP) is 5.54. The van der Waals surface area contributed by atoms with E-state index in [1.165, 1.54) is 0 Å². The molecule has 0 fully saturated rings. The summed E-state index contributed by atoms with van der Waals surface area (Å²) in [5.41, 5.74) is 3.31. The van der Waals surface area contributed by atoms with Gasteiger partial charge in [-0.05, 0) is 62.4 Å². The maximum absolute atomic E-state index is 12.7. The molecule has 1 amide bonds. The van der Waals surface area contributed by atoms with Gasteiger partial charge in [0.05, 0.1) is 13.2 Å². The van der Waals surface area contributed by atoms with E-state index in [-0.39, 0.29) is 12.0 Å². The Labute approximate surface area is 174 Å². The number of amides is 1. The van der Waals surface area contributed by atoms with Crippen LogP contribution in [-0.4, -0.2) is 24.1 Å². The molecule has 0 saturated heterocycles. The molecule has 0 aliphatic rings. The lowest BCUT2D eigenvalue weighted by Gasteiger charge is -2.11. The lowest BCUT2D eigenvalue weighted by atomic mass is 10.1. The van der Waals surface area contributed by atoms with Gasteiger partial charge in [-0.1, -0.05) is 12.1 Å². The standard InChI is InChI=1S/C24H22N2O4/c1-15(2)29-20-9-5-6-16(13-20)23(27)25-18-8-4-7-17(12-18)24-26-21-14-19(28-3)10-11-22(21)30-24/h4-15H,1-3H3,(H,25,27). The molecule has 0 saturated carbocycles. The Morgan fingerprint density at radius 1 is 1.00 bits per heavy atom. The van der Waals surface area contributed by atoms with E-state index in [1.54, 1.807) is 25.3 Å². The molecule has 4 aromatic rings. The Balaban J connectivity index is 1.56. The maximum atomic E-state index is 12.7. The number of hydrogen-bond donors (Lipinski definition) is 1. The summed E-state index contributed by atoms with van der Waals surface area (Å²) in [6, 6.07) is 20.0. The van der Waals surface area contributed by atoms with Gasteiger partial charge in [0.1, 0.15) is 17.0 Å². The van der Waals surface area contributed by atoms with Gasteiger partial charge in [-0.3, -0.25) is 4.79 Å². The minimum Gasteiger partial charge on any atom is -0.497 e. The Hall–Kier alpha value is -3.80. The summed E-state index contributed by atoms with van der Waals surface area (Å²) in [5, 5.41) is 2.92. The van der Waals surface area contributed by atoms with Crippen LogP contribution in [-0.2, 0) is 0 Å². The van der Waals surface area contributed by atoms with Crippen LogP contribution in [0.15, 0.2) is 71.1 Å². The number of aromatic nitrogens is 1. The van der Waals surface area contributed by atoms with Crippen LogP contribution in [0.2, 0.25) is 0 Å². The van der Waals surface area contributed by atoms with E-state index in [1.807, 2.05) is 62.4 Å². The number of nitrogens with zero attached hydrogens (tertiary/aromatic N) is 1. The molecule has 6 heteroatoms. The minimum absolute atomic E-state index is 0.0382. The molecule has 0 atom stereocenters. The molecule has 6 nitrogen and oxygen atoms in total. The average Bonchev–Trinajstić information content (AvgIpc) is 3.17. The lowest BCUT2D eigenvalue weighted by molar-refractivity contribution is 0.102. The van der Waals surface area contributed by atoms with Crippen molar-refractivity contribution in [3.8, 4) is 23.0 Å². The van der Waals surface area contributed by atoms with Gasteiger partial charge in [-0.2, -0.15) is 0 Å². The van der Waals surface area contributed by atoms with Crippen molar-refractivity contribution in [3.63, 3.8) is 0 Å². The first kappa shape index (κ1) is 19.5. The smallest absolute Gasteiger partial charge is 0.255 e. The van der Waals surface area contributed by atoms with E-state index in [0.29, 0.717) is 39.7 Å². The van der Waals surface area contributed by atoms with Crippen molar-refractivity contribution < 1.29 is 18.7 Å². The molecule has 1 aromatic heterocycles. The van der Waals surface area contributed by atoms with Crippen LogP contribution in [0.25, 0.3) is 22.6 Å². The Bertz CT molecular complexity index is 1200. The van der Waals surface area contributed by atoms with Crippen molar-refractivity contribution in [1.82, 2.24) is 4.98 Å². The van der Waals surface area contributed by atoms with Crippen LogP contribution in [0.4, 0.5) is 5.69 Å². The average molecular weight is 402 g/mol. The molecule has 0 bridgehead atoms. The largest absolute Gasteiger partial charge is 0.497 e. The van der Waals surface area contributed by atoms with Crippen molar-refractivity contribution in [2.75, 3.05) is 12.4 Å². The molecular weight excluding hydrogens is 380 g/mol. The molecule has 0 aliphatic heterocycles. The number of rotatable bonds is 6. The van der Waals surface area contributed by atoms with Gasteiger partial charge in [-0.25, -0.2) is 4.98 Å². The summed E-state index contributed by atoms with van der Waals surface area (Å²) in [5.74, 6) is 1.63. The van der Waals surface area contributed by atoms with Gasteiger partial charge < -0.3 is 19.2 Å². The highest BCUT2D eigenvalue weighted by atomic mass is 16.5. The molecule has 3 aromatic carbocycles. The van der Waals surface area contributed by atoms with E-state index in [4.69, 9.17) is 13.9 Å². The summed E-state index contributed by atoms with van der Waals surface area (Å²) in [6.07, 6.45) is 0.0382. The molecule has 0 unspecified atom stereocenters. The Morgan fingerprint density at radius 3 is 2.63 bits per heavy atom. The molecule has 1 heterocycles. The van der Waals surface area contributed by atoms with E-state index in [0.717, 1.165) is 5.56 Å². The van der Waals surface area contributed by atoms with Gasteiger partial charge in [0, 0.05) is 22.9 Å². The second kappa shape index (κ2) is 8.29. The summed E-state index contributed by atoms with van der Waals surface area (Å²) in [6.45, 7) is 3.89. The number of methoxy groups -OCH3 is 1. The van der Waals surface area contributed by atoms with E-state index in [2.05, 4.69) is 10.3 Å². The zero-order chi connectivity index (χ0) is 21.1. The fourth-order valence-electron chi connectivity index (χ4n) is 3.07. The summed E-state index contributed by atoms with van der Waals surface area (Å²) < 4.78 is 16.8. The summed E-state index contributed by atoms with van der Waals surface area (Å²) in [7, 11) is 1.61. The highest BCUT2D eigenvalue weighted by Crippen LogP contribution is 2.28. The third kappa shape index (κ3) is 4.27. The van der Waals surface area contributed by atoms with E-state index in [9.17, 15) is 4.79 Å². The van der Waals surface area contributed by atoms with Crippen LogP contribution >= 0.6 is 0 Å². The van der Waals surface area contributed by atoms with Crippen molar-refractivity contribution in [2.45, 2.75) is 20.0 Å². The van der Waals surface area contributed by atoms with Crippen molar-refractivity contribution in [2.24, 2.45) is 0 Å². The highest BCUT2D eigenvalue weighted by molar-refractivity contribution is 6.04. The predicted molar refractivity (Wildman–Crippen MR) is 116 cm³/mol. The molecule has 4 rings (SSSR count). The second-order valence-corrected chi connectivity index (χ2v) is 7.08. The quantitative estimate of drug-likeness (QED) is 0.458. The molecule has 0 spiro atoms. The minimum atomic E-state index is -0.219. The van der Waals surface area contributed by atoms with Crippen molar-refractivity contribution in [3.05, 3.63) is 72.3 Å². The number of fused-ring (bicyclic) bond motifs is 1. The number of carbonyl (C=O) groups is 1. The van der Waals surface area contributed by atoms with Crippen molar-refractivity contribution in [1.29, 1.82) is 0 Å². The number of nitrogens with one attached hydrogen (secondary N) is 1. The molecule has 30 heavy (non-hydrogen) atoms. The molecule has 0 radical (unpaired) electrons. The van der Waals surface area contributed by atoms with Gasteiger partial charge in [0.2, 0.25) is 5.89 Å². The number of anilines is 1. The van der Waals surface area contributed by atoms with Crippen LogP contribution in [0.3, 0.4) is 0 Å². The third-order valence-corrected chi connectivity index (χ3v) is 4.43. The van der Waals surface area contributed by atoms with Crippen LogP contribution in [0, 0.1) is 0 Å². The normalized spacial score (nSPS) is 10.9. The topological polar surface area (TPSA) is 73.6 Å². The fourth-order valence-corrected chi connectivity index (χ4v) is 3.07. The number of ether oxygens (including phenoxy) is 2. The zero-order valence-electron chi connectivity index (χ0n) is 17.0. The van der Waals surface area contributed by atoms with Crippen molar-refractivity contribution >= 4 is 22.7 Å². The zero-order valence-corrected chi connectivity index (χ0v) is 17.0. The lowest BCUT2D eigenvalue weighted by Crippen LogP contribution is -2.12. The number of hydrogen-bond acceptors (Lipinski definition) is 5. The van der Waals surface area contributed by atoms with E-state index >= 15 is 0 Å². The molecule has 1 N–H and O–H groups in total. The van der Waals surface area contributed by atoms with Gasteiger partial charge in [-0.15, -0.1) is 0 Å². The first-order valence-electron chi connectivity index (χ1n) is 9.65. The molecule has 152 valence electrons.